The standard InChI is InChI=1S/C14H10GeO4/c16-13(11-7-3-1-4-8-11)18-15-19-14(17)12-9-5-2-6-10-12/h1-10H. The van der Waals surface area contributed by atoms with Crippen LogP contribution >= 0.6 is 0 Å². The first-order chi connectivity index (χ1) is 9.27. The minimum atomic E-state index is -1.54. The van der Waals surface area contributed by atoms with E-state index >= 15 is 0 Å². The van der Waals surface area contributed by atoms with Crippen molar-refractivity contribution in [2.75, 3.05) is 0 Å². The molecule has 0 unspecified atom stereocenters. The molecule has 2 aromatic rings. The molecular formula is C14H10GeO4. The third-order valence-corrected chi connectivity index (χ3v) is 3.42. The van der Waals surface area contributed by atoms with E-state index in [0.717, 1.165) is 0 Å². The molecule has 0 N–H and O–H groups in total. The average Bonchev–Trinajstić information content (AvgIpc) is 2.49. The summed E-state index contributed by atoms with van der Waals surface area (Å²) in [5.74, 6) is -0.942. The summed E-state index contributed by atoms with van der Waals surface area (Å²) in [5.41, 5.74) is 0.893. The molecule has 0 aliphatic heterocycles. The van der Waals surface area contributed by atoms with Crippen molar-refractivity contribution in [2.45, 2.75) is 0 Å². The molecule has 0 saturated carbocycles. The Kier molecular flexibility index (Phi) is 4.74. The van der Waals surface area contributed by atoms with Crippen LogP contribution in [0.25, 0.3) is 0 Å². The van der Waals surface area contributed by atoms with Crippen molar-refractivity contribution in [3.63, 3.8) is 0 Å². The SMILES string of the molecule is O=C([O][Ge][O]C(=O)c1ccccc1)c1ccccc1. The van der Waals surface area contributed by atoms with E-state index < -0.39 is 28.0 Å². The van der Waals surface area contributed by atoms with Gasteiger partial charge in [0.25, 0.3) is 0 Å². The molecule has 2 radical (unpaired) electrons. The van der Waals surface area contributed by atoms with Gasteiger partial charge in [-0.15, -0.1) is 0 Å². The number of rotatable bonds is 4. The molecule has 5 heteroatoms. The van der Waals surface area contributed by atoms with Crippen molar-refractivity contribution >= 4 is 28.0 Å². The van der Waals surface area contributed by atoms with Crippen LogP contribution in [0.2, 0.25) is 0 Å². The van der Waals surface area contributed by atoms with Crippen molar-refractivity contribution in [2.24, 2.45) is 0 Å². The van der Waals surface area contributed by atoms with Crippen LogP contribution in [-0.4, -0.2) is 28.0 Å². The summed E-state index contributed by atoms with van der Waals surface area (Å²) in [6.45, 7) is 0. The van der Waals surface area contributed by atoms with E-state index in [4.69, 9.17) is 7.53 Å². The first-order valence-electron chi connectivity index (χ1n) is 5.55. The molecule has 4 nitrogen and oxygen atoms in total. The fourth-order valence-electron chi connectivity index (χ4n) is 1.36. The Morgan fingerprint density at radius 2 is 1.05 bits per heavy atom. The van der Waals surface area contributed by atoms with E-state index in [9.17, 15) is 9.59 Å². The molecule has 0 spiro atoms. The van der Waals surface area contributed by atoms with E-state index in [1.54, 1.807) is 48.5 Å². The molecule has 0 aliphatic carbocycles. The Bertz CT molecular complexity index is 503. The van der Waals surface area contributed by atoms with Crippen LogP contribution in [0.3, 0.4) is 0 Å². The predicted molar refractivity (Wildman–Crippen MR) is 69.5 cm³/mol. The van der Waals surface area contributed by atoms with Crippen LogP contribution in [0, 0.1) is 0 Å². The van der Waals surface area contributed by atoms with Crippen molar-refractivity contribution in [3.8, 4) is 0 Å². The maximum atomic E-state index is 11.6. The second-order valence-corrected chi connectivity index (χ2v) is 4.80. The molecule has 0 saturated heterocycles. The van der Waals surface area contributed by atoms with Gasteiger partial charge in [-0.2, -0.15) is 0 Å². The van der Waals surface area contributed by atoms with E-state index in [1.165, 1.54) is 0 Å². The Morgan fingerprint density at radius 3 is 1.42 bits per heavy atom. The summed E-state index contributed by atoms with van der Waals surface area (Å²) in [4.78, 5) is 23.2. The van der Waals surface area contributed by atoms with Gasteiger partial charge in [0.05, 0.1) is 0 Å². The van der Waals surface area contributed by atoms with Crippen LogP contribution in [-0.2, 0) is 7.53 Å². The van der Waals surface area contributed by atoms with Crippen LogP contribution in [0.4, 0.5) is 0 Å². The van der Waals surface area contributed by atoms with Gasteiger partial charge in [-0.3, -0.25) is 0 Å². The summed E-state index contributed by atoms with van der Waals surface area (Å²) in [7, 11) is 0. The molecule has 2 aromatic carbocycles. The van der Waals surface area contributed by atoms with Gasteiger partial charge >= 0.3 is 117 Å². The zero-order chi connectivity index (χ0) is 13.5. The third kappa shape index (κ3) is 3.96. The number of benzene rings is 2. The molecule has 19 heavy (non-hydrogen) atoms. The summed E-state index contributed by atoms with van der Waals surface area (Å²) < 4.78 is 9.93. The molecule has 0 atom stereocenters. The Morgan fingerprint density at radius 1 is 0.684 bits per heavy atom. The van der Waals surface area contributed by atoms with E-state index in [-0.39, 0.29) is 0 Å². The second-order valence-electron chi connectivity index (χ2n) is 3.59. The number of carbonyl (C=O) groups is 2. The molecule has 2 rings (SSSR count). The van der Waals surface area contributed by atoms with Gasteiger partial charge in [0.1, 0.15) is 0 Å². The Labute approximate surface area is 117 Å². The fraction of sp³-hybridized carbons (Fsp3) is 0. The second kappa shape index (κ2) is 6.75. The van der Waals surface area contributed by atoms with E-state index in [1.807, 2.05) is 12.1 Å². The molecule has 0 bridgehead atoms. The number of carbonyl (C=O) groups excluding carboxylic acids is 2. The monoisotopic (exact) mass is 316 g/mol. The minimum absolute atomic E-state index is 0.446. The van der Waals surface area contributed by atoms with Gasteiger partial charge in [-0.05, 0) is 0 Å². The van der Waals surface area contributed by atoms with Gasteiger partial charge in [-0.25, -0.2) is 0 Å². The van der Waals surface area contributed by atoms with Crippen LogP contribution in [0.15, 0.2) is 60.7 Å². The number of hydrogen-bond acceptors (Lipinski definition) is 4. The molecule has 0 heterocycles. The molecular weight excluding hydrogens is 305 g/mol. The maximum absolute atomic E-state index is 11.6. The quantitative estimate of drug-likeness (QED) is 0.812. The first kappa shape index (κ1) is 13.4. The fourth-order valence-corrected chi connectivity index (χ4v) is 2.26. The van der Waals surface area contributed by atoms with Crippen LogP contribution in [0.1, 0.15) is 20.7 Å². The Balaban J connectivity index is 1.81. The zero-order valence-corrected chi connectivity index (χ0v) is 12.0. The van der Waals surface area contributed by atoms with Gasteiger partial charge in [0.15, 0.2) is 0 Å². The predicted octanol–water partition coefficient (Wildman–Crippen LogP) is 2.23. The van der Waals surface area contributed by atoms with Gasteiger partial charge in [-0.1, -0.05) is 0 Å². The van der Waals surface area contributed by atoms with Crippen molar-refractivity contribution < 1.29 is 17.1 Å². The molecule has 0 aromatic heterocycles. The van der Waals surface area contributed by atoms with E-state index in [0.29, 0.717) is 11.1 Å². The van der Waals surface area contributed by atoms with Gasteiger partial charge in [0.2, 0.25) is 0 Å². The van der Waals surface area contributed by atoms with Crippen molar-refractivity contribution in [1.82, 2.24) is 0 Å². The van der Waals surface area contributed by atoms with E-state index in [2.05, 4.69) is 0 Å². The molecule has 94 valence electrons. The van der Waals surface area contributed by atoms with Crippen LogP contribution in [0.5, 0.6) is 0 Å². The molecule has 0 aliphatic rings. The topological polar surface area (TPSA) is 52.6 Å². The third-order valence-electron chi connectivity index (χ3n) is 2.29. The number of hydrogen-bond donors (Lipinski definition) is 0. The molecule has 0 amide bonds. The zero-order valence-electron chi connectivity index (χ0n) is 9.91. The van der Waals surface area contributed by atoms with Crippen LogP contribution < -0.4 is 0 Å². The summed E-state index contributed by atoms with van der Waals surface area (Å²) >= 11 is -1.54. The van der Waals surface area contributed by atoms with Crippen molar-refractivity contribution in [1.29, 1.82) is 0 Å². The average molecular weight is 315 g/mol. The van der Waals surface area contributed by atoms with Gasteiger partial charge < -0.3 is 0 Å². The summed E-state index contributed by atoms with van der Waals surface area (Å²) in [5, 5.41) is 0. The normalized spacial score (nSPS) is 9.68. The first-order valence-corrected chi connectivity index (χ1v) is 7.26. The Hall–Kier alpha value is -2.08. The van der Waals surface area contributed by atoms with Crippen molar-refractivity contribution in [3.05, 3.63) is 71.8 Å². The summed E-state index contributed by atoms with van der Waals surface area (Å²) in [6.07, 6.45) is 0. The summed E-state index contributed by atoms with van der Waals surface area (Å²) in [6, 6.07) is 17.2. The van der Waals surface area contributed by atoms with Gasteiger partial charge in [0, 0.05) is 0 Å². The molecule has 0 fully saturated rings.